The van der Waals surface area contributed by atoms with Crippen molar-refractivity contribution >= 4 is 11.9 Å². The number of aryl methyl sites for hydroxylation is 1. The largest absolute Gasteiger partial charge is 0.494 e. The van der Waals surface area contributed by atoms with Crippen molar-refractivity contribution in [2.45, 2.75) is 13.0 Å². The predicted octanol–water partition coefficient (Wildman–Crippen LogP) is 1.11. The number of amides is 1. The number of carboxylic acids is 1. The molecule has 1 amide bonds. The van der Waals surface area contributed by atoms with E-state index in [1.165, 1.54) is 4.90 Å². The van der Waals surface area contributed by atoms with Crippen molar-refractivity contribution in [2.75, 3.05) is 26.9 Å². The number of hydrogen-bond acceptors (Lipinski definition) is 5. The summed E-state index contributed by atoms with van der Waals surface area (Å²) in [6, 6.07) is 6.21. The molecule has 1 aromatic heterocycles. The molecule has 1 N–H and O–H groups in total. The van der Waals surface area contributed by atoms with Crippen LogP contribution in [-0.4, -0.2) is 64.6 Å². The van der Waals surface area contributed by atoms with Gasteiger partial charge in [-0.15, -0.1) is 0 Å². The number of methoxy groups -OCH3 is 1. The molecule has 3 rings (SSSR count). The molecule has 2 heterocycles. The number of hydrogen-bond donors (Lipinski definition) is 1. The Kier molecular flexibility index (Phi) is 4.71. The Morgan fingerprint density at radius 2 is 2.16 bits per heavy atom. The Morgan fingerprint density at radius 1 is 1.36 bits per heavy atom. The third-order valence-corrected chi connectivity index (χ3v) is 4.06. The van der Waals surface area contributed by atoms with Gasteiger partial charge < -0.3 is 19.5 Å². The van der Waals surface area contributed by atoms with Crippen molar-refractivity contribution in [3.63, 3.8) is 0 Å². The fourth-order valence-electron chi connectivity index (χ4n) is 2.75. The SMILES string of the molecule is COc1ccc(C)cc1-n1ccc(C(=O)N2CCOC[C@H]2C(=O)O)n1. The maximum atomic E-state index is 12.7. The zero-order valence-electron chi connectivity index (χ0n) is 14.0. The second-order valence-electron chi connectivity index (χ2n) is 5.75. The monoisotopic (exact) mass is 345 g/mol. The molecule has 0 saturated carbocycles. The molecule has 25 heavy (non-hydrogen) atoms. The zero-order chi connectivity index (χ0) is 18.0. The van der Waals surface area contributed by atoms with E-state index in [1.54, 1.807) is 24.1 Å². The second-order valence-corrected chi connectivity index (χ2v) is 5.75. The van der Waals surface area contributed by atoms with Crippen LogP contribution in [0.25, 0.3) is 5.69 Å². The van der Waals surface area contributed by atoms with E-state index >= 15 is 0 Å². The number of ether oxygens (including phenoxy) is 2. The van der Waals surface area contributed by atoms with Gasteiger partial charge in [-0.05, 0) is 30.7 Å². The molecule has 0 spiro atoms. The quantitative estimate of drug-likeness (QED) is 0.892. The average Bonchev–Trinajstić information content (AvgIpc) is 3.11. The first-order chi connectivity index (χ1) is 12.0. The van der Waals surface area contributed by atoms with Gasteiger partial charge in [0.2, 0.25) is 0 Å². The van der Waals surface area contributed by atoms with Gasteiger partial charge in [-0.1, -0.05) is 6.07 Å². The minimum atomic E-state index is -1.09. The van der Waals surface area contributed by atoms with Gasteiger partial charge in [-0.3, -0.25) is 4.79 Å². The highest BCUT2D eigenvalue weighted by atomic mass is 16.5. The summed E-state index contributed by atoms with van der Waals surface area (Å²) in [6.45, 7) is 2.45. The van der Waals surface area contributed by atoms with Crippen molar-refractivity contribution in [1.29, 1.82) is 0 Å². The Labute approximate surface area is 144 Å². The van der Waals surface area contributed by atoms with Crippen LogP contribution in [0, 0.1) is 6.92 Å². The molecule has 1 aliphatic rings. The maximum Gasteiger partial charge on any atom is 0.328 e. The van der Waals surface area contributed by atoms with Gasteiger partial charge in [0.25, 0.3) is 5.91 Å². The molecule has 1 aromatic carbocycles. The molecule has 1 aliphatic heterocycles. The first-order valence-corrected chi connectivity index (χ1v) is 7.83. The first kappa shape index (κ1) is 17.0. The molecule has 0 bridgehead atoms. The van der Waals surface area contributed by atoms with Crippen LogP contribution in [0.1, 0.15) is 16.1 Å². The highest BCUT2D eigenvalue weighted by Crippen LogP contribution is 2.24. The molecular formula is C17H19N3O5. The van der Waals surface area contributed by atoms with Crippen molar-refractivity contribution in [3.8, 4) is 11.4 Å². The first-order valence-electron chi connectivity index (χ1n) is 7.83. The Hall–Kier alpha value is -2.87. The summed E-state index contributed by atoms with van der Waals surface area (Å²) in [5.41, 5.74) is 1.91. The van der Waals surface area contributed by atoms with Crippen LogP contribution in [0.2, 0.25) is 0 Å². The van der Waals surface area contributed by atoms with Crippen LogP contribution in [0.15, 0.2) is 30.5 Å². The van der Waals surface area contributed by atoms with Crippen LogP contribution in [0.4, 0.5) is 0 Å². The minimum Gasteiger partial charge on any atom is -0.494 e. The summed E-state index contributed by atoms with van der Waals surface area (Å²) in [5, 5.41) is 13.6. The molecule has 0 unspecified atom stereocenters. The predicted molar refractivity (Wildman–Crippen MR) is 88.1 cm³/mol. The smallest absolute Gasteiger partial charge is 0.328 e. The van der Waals surface area contributed by atoms with E-state index in [0.717, 1.165) is 5.56 Å². The topological polar surface area (TPSA) is 93.9 Å². The number of carbonyl (C=O) groups excluding carboxylic acids is 1. The van der Waals surface area contributed by atoms with Gasteiger partial charge in [-0.2, -0.15) is 5.10 Å². The lowest BCUT2D eigenvalue weighted by molar-refractivity contribution is -0.147. The molecule has 0 radical (unpaired) electrons. The highest BCUT2D eigenvalue weighted by molar-refractivity contribution is 5.95. The number of aliphatic carboxylic acids is 1. The molecule has 8 heteroatoms. The number of morpholine rings is 1. The summed E-state index contributed by atoms with van der Waals surface area (Å²) < 4.78 is 12.1. The van der Waals surface area contributed by atoms with Crippen molar-refractivity contribution < 1.29 is 24.2 Å². The Bertz CT molecular complexity index is 801. The number of carboxylic acid groups (broad SMARTS) is 1. The van der Waals surface area contributed by atoms with Gasteiger partial charge in [0.15, 0.2) is 11.7 Å². The summed E-state index contributed by atoms with van der Waals surface area (Å²) in [5.74, 6) is -0.892. The zero-order valence-corrected chi connectivity index (χ0v) is 14.0. The molecule has 0 aliphatic carbocycles. The summed E-state index contributed by atoms with van der Waals surface area (Å²) in [6.07, 6.45) is 1.65. The lowest BCUT2D eigenvalue weighted by Gasteiger charge is -2.32. The average molecular weight is 345 g/mol. The molecule has 1 saturated heterocycles. The normalized spacial score (nSPS) is 17.4. The van der Waals surface area contributed by atoms with E-state index in [2.05, 4.69) is 5.10 Å². The lowest BCUT2D eigenvalue weighted by atomic mass is 10.2. The number of nitrogens with zero attached hydrogens (tertiary/aromatic N) is 3. The minimum absolute atomic E-state index is 0.0204. The Balaban J connectivity index is 1.89. The summed E-state index contributed by atoms with van der Waals surface area (Å²) in [7, 11) is 1.56. The van der Waals surface area contributed by atoms with Gasteiger partial charge in [0.05, 0.1) is 20.3 Å². The van der Waals surface area contributed by atoms with Crippen molar-refractivity contribution in [1.82, 2.24) is 14.7 Å². The fourth-order valence-corrected chi connectivity index (χ4v) is 2.75. The maximum absolute atomic E-state index is 12.7. The molecule has 132 valence electrons. The number of carbonyl (C=O) groups is 2. The Morgan fingerprint density at radius 3 is 2.88 bits per heavy atom. The van der Waals surface area contributed by atoms with E-state index in [0.29, 0.717) is 18.0 Å². The molecular weight excluding hydrogens is 326 g/mol. The lowest BCUT2D eigenvalue weighted by Crippen LogP contribution is -2.52. The summed E-state index contributed by atoms with van der Waals surface area (Å²) in [4.78, 5) is 25.3. The molecule has 8 nitrogen and oxygen atoms in total. The number of rotatable bonds is 4. The molecule has 1 atom stereocenters. The summed E-state index contributed by atoms with van der Waals surface area (Å²) >= 11 is 0. The van der Waals surface area contributed by atoms with Gasteiger partial charge in [-0.25, -0.2) is 9.48 Å². The van der Waals surface area contributed by atoms with Crippen LogP contribution in [0.3, 0.4) is 0 Å². The van der Waals surface area contributed by atoms with Crippen LogP contribution in [0.5, 0.6) is 5.75 Å². The van der Waals surface area contributed by atoms with E-state index in [-0.39, 0.29) is 18.8 Å². The second kappa shape index (κ2) is 6.94. The van der Waals surface area contributed by atoms with E-state index in [1.807, 2.05) is 25.1 Å². The highest BCUT2D eigenvalue weighted by Gasteiger charge is 2.34. The van der Waals surface area contributed by atoms with Gasteiger partial charge in [0, 0.05) is 12.7 Å². The standard InChI is InChI=1S/C17H19N3O5/c1-11-3-4-15(24-2)13(9-11)20-6-5-12(18-20)16(21)19-7-8-25-10-14(19)17(22)23/h3-6,9,14H,7-8,10H2,1-2H3,(H,22,23)/t14-/m0/s1. The third-order valence-electron chi connectivity index (χ3n) is 4.06. The van der Waals surface area contributed by atoms with Crippen molar-refractivity contribution in [3.05, 3.63) is 41.7 Å². The fraction of sp³-hybridized carbons (Fsp3) is 0.353. The molecule has 2 aromatic rings. The number of aromatic nitrogens is 2. The number of benzene rings is 1. The van der Waals surface area contributed by atoms with Gasteiger partial charge in [0.1, 0.15) is 11.4 Å². The van der Waals surface area contributed by atoms with E-state index in [4.69, 9.17) is 9.47 Å². The third kappa shape index (κ3) is 3.34. The van der Waals surface area contributed by atoms with Crippen LogP contribution >= 0.6 is 0 Å². The van der Waals surface area contributed by atoms with E-state index < -0.39 is 17.9 Å². The van der Waals surface area contributed by atoms with Crippen LogP contribution in [-0.2, 0) is 9.53 Å². The molecule has 1 fully saturated rings. The van der Waals surface area contributed by atoms with Crippen molar-refractivity contribution in [2.24, 2.45) is 0 Å². The van der Waals surface area contributed by atoms with Crippen LogP contribution < -0.4 is 4.74 Å². The van der Waals surface area contributed by atoms with Gasteiger partial charge >= 0.3 is 5.97 Å². The van der Waals surface area contributed by atoms with E-state index in [9.17, 15) is 14.7 Å².